The van der Waals surface area contributed by atoms with Gasteiger partial charge < -0.3 is 5.11 Å². The molecule has 4 aromatic rings. The van der Waals surface area contributed by atoms with Crippen LogP contribution in [-0.2, 0) is 36.7 Å². The number of pyridine rings is 1. The van der Waals surface area contributed by atoms with Gasteiger partial charge in [-0.1, -0.05) is 89.7 Å². The number of carbonyl (C=O) groups excluding carboxylic acids is 1. The fourth-order valence-corrected chi connectivity index (χ4v) is 6.23. The first-order valence-corrected chi connectivity index (χ1v) is 16.9. The molecule has 1 N–H and O–H groups in total. The van der Waals surface area contributed by atoms with Crippen molar-refractivity contribution in [2.24, 2.45) is 11.8 Å². The molecule has 4 rings (SSSR count). The Hall–Kier alpha value is -3.02. The molecule has 0 atom stereocenters. The summed E-state index contributed by atoms with van der Waals surface area (Å²) in [5.41, 5.74) is 5.94. The van der Waals surface area contributed by atoms with E-state index in [4.69, 9.17) is 4.98 Å². The van der Waals surface area contributed by atoms with Crippen molar-refractivity contribution in [3.63, 3.8) is 0 Å². The number of alkyl halides is 3. The molecule has 3 nitrogen and oxygen atoms in total. The molecule has 0 aliphatic heterocycles. The fourth-order valence-electron chi connectivity index (χ4n) is 6.23. The molecule has 0 spiro atoms. The molecule has 0 bridgehead atoms. The molecule has 0 saturated heterocycles. The third kappa shape index (κ3) is 10.7. The third-order valence-electron chi connectivity index (χ3n) is 8.95. The summed E-state index contributed by atoms with van der Waals surface area (Å²) in [5, 5.41) is 12.7. The number of aliphatic hydroxyl groups is 1. The van der Waals surface area contributed by atoms with Gasteiger partial charge in [0.25, 0.3) is 0 Å². The average Bonchev–Trinajstić information content (AvgIpc) is 2.99. The maximum atomic E-state index is 13.1. The van der Waals surface area contributed by atoms with E-state index in [1.54, 1.807) is 0 Å². The number of aryl methyl sites for hydroxylation is 3. The Balaban J connectivity index is 0.000000427. The van der Waals surface area contributed by atoms with Gasteiger partial charge in [-0.25, -0.2) is 0 Å². The van der Waals surface area contributed by atoms with Crippen LogP contribution in [0.25, 0.3) is 32.9 Å². The number of nitrogens with zero attached hydrogens (tertiary/aromatic N) is 1. The summed E-state index contributed by atoms with van der Waals surface area (Å²) in [6.07, 6.45) is -0.223. The summed E-state index contributed by atoms with van der Waals surface area (Å²) >= 11 is 0. The van der Waals surface area contributed by atoms with E-state index in [2.05, 4.69) is 39.0 Å². The standard InChI is InChI=1S/C28H27F3N.C13H24O2.Ir/c1-17-12-18(2)26-20(10-11-28(29,30)31)16-24(32-25(26)13-17)21-14-19-8-6-7-9-22(19)23(15-21)27(3,4)5;1-5-10(6-2)12(14)9-13(15)11(7-3)8-4;/h6-9,12-13,15-16H,10-11H2,1-5H3;9-11,14H,5-8H2,1-4H3;/q-1;;/b;12-9-;. The monoisotopic (exact) mass is 839 g/mol. The molecule has 0 saturated carbocycles. The number of hydrogen-bond acceptors (Lipinski definition) is 3. The van der Waals surface area contributed by atoms with Crippen LogP contribution in [0.3, 0.4) is 0 Å². The molecular formula is C41H51F3IrNO2-. The van der Waals surface area contributed by atoms with Gasteiger partial charge in [-0.3, -0.25) is 9.78 Å². The summed E-state index contributed by atoms with van der Waals surface area (Å²) in [7, 11) is 0. The van der Waals surface area contributed by atoms with Crippen LogP contribution >= 0.6 is 0 Å². The number of hydrogen-bond donors (Lipinski definition) is 1. The van der Waals surface area contributed by atoms with Crippen molar-refractivity contribution in [3.8, 4) is 11.3 Å². The second-order valence-corrected chi connectivity index (χ2v) is 13.6. The van der Waals surface area contributed by atoms with Crippen LogP contribution in [0.15, 0.2) is 60.4 Å². The van der Waals surface area contributed by atoms with Gasteiger partial charge in [-0.15, -0.1) is 29.1 Å². The van der Waals surface area contributed by atoms with Gasteiger partial charge in [-0.2, -0.15) is 13.2 Å². The summed E-state index contributed by atoms with van der Waals surface area (Å²) < 4.78 is 39.2. The van der Waals surface area contributed by atoms with Crippen LogP contribution in [0, 0.1) is 31.7 Å². The number of ketones is 1. The molecule has 1 aromatic heterocycles. The van der Waals surface area contributed by atoms with Crippen molar-refractivity contribution in [1.82, 2.24) is 4.98 Å². The summed E-state index contributed by atoms with van der Waals surface area (Å²) in [6, 6.07) is 19.4. The van der Waals surface area contributed by atoms with Crippen molar-refractivity contribution >= 4 is 27.5 Å². The van der Waals surface area contributed by atoms with Gasteiger partial charge in [0.15, 0.2) is 5.78 Å². The van der Waals surface area contributed by atoms with E-state index in [0.717, 1.165) is 64.0 Å². The number of fused-ring (bicyclic) bond motifs is 2. The minimum absolute atomic E-state index is 0. The first kappa shape index (κ1) is 41.2. The maximum Gasteiger partial charge on any atom is 0.389 e. The number of carbonyl (C=O) groups is 1. The van der Waals surface area contributed by atoms with Crippen LogP contribution < -0.4 is 0 Å². The molecule has 1 radical (unpaired) electrons. The molecule has 48 heavy (non-hydrogen) atoms. The molecule has 0 aliphatic carbocycles. The van der Waals surface area contributed by atoms with E-state index in [1.807, 2.05) is 77.9 Å². The second kappa shape index (κ2) is 17.6. The molecule has 263 valence electrons. The largest absolute Gasteiger partial charge is 0.512 e. The molecule has 0 amide bonds. The van der Waals surface area contributed by atoms with Crippen LogP contribution in [0.4, 0.5) is 13.2 Å². The molecule has 1 heterocycles. The maximum absolute atomic E-state index is 13.1. The van der Waals surface area contributed by atoms with Gasteiger partial charge in [-0.05, 0) is 74.1 Å². The Morgan fingerprint density at radius 2 is 1.52 bits per heavy atom. The first-order valence-electron chi connectivity index (χ1n) is 16.9. The molecule has 0 fully saturated rings. The number of rotatable bonds is 10. The van der Waals surface area contributed by atoms with Gasteiger partial charge >= 0.3 is 6.18 Å². The van der Waals surface area contributed by atoms with E-state index >= 15 is 0 Å². The Kier molecular flexibility index (Phi) is 15.1. The summed E-state index contributed by atoms with van der Waals surface area (Å²) in [5.74, 6) is 0.547. The smallest absolute Gasteiger partial charge is 0.389 e. The zero-order valence-electron chi connectivity index (χ0n) is 29.9. The normalized spacial score (nSPS) is 12.3. The molecular weight excluding hydrogens is 788 g/mol. The minimum Gasteiger partial charge on any atom is -0.512 e. The third-order valence-corrected chi connectivity index (χ3v) is 8.95. The predicted molar refractivity (Wildman–Crippen MR) is 190 cm³/mol. The summed E-state index contributed by atoms with van der Waals surface area (Å²) in [6.45, 7) is 18.5. The second-order valence-electron chi connectivity index (χ2n) is 13.6. The summed E-state index contributed by atoms with van der Waals surface area (Å²) in [4.78, 5) is 16.6. The van der Waals surface area contributed by atoms with E-state index in [9.17, 15) is 23.1 Å². The van der Waals surface area contributed by atoms with E-state index in [0.29, 0.717) is 11.3 Å². The number of halogens is 3. The quantitative estimate of drug-likeness (QED) is 0.0983. The van der Waals surface area contributed by atoms with Crippen LogP contribution in [0.5, 0.6) is 0 Å². The number of aliphatic hydroxyl groups excluding tert-OH is 1. The van der Waals surface area contributed by atoms with Crippen molar-refractivity contribution in [2.45, 2.75) is 112 Å². The zero-order chi connectivity index (χ0) is 35.1. The fraction of sp³-hybridized carbons (Fsp3) is 0.463. The van der Waals surface area contributed by atoms with Gasteiger partial charge in [0.2, 0.25) is 0 Å². The van der Waals surface area contributed by atoms with Crippen LogP contribution in [0.1, 0.15) is 103 Å². The molecule has 7 heteroatoms. The van der Waals surface area contributed by atoms with Crippen molar-refractivity contribution < 1.29 is 43.2 Å². The minimum atomic E-state index is -4.21. The van der Waals surface area contributed by atoms with Gasteiger partial charge in [0.1, 0.15) is 0 Å². The van der Waals surface area contributed by atoms with Crippen LogP contribution in [-0.4, -0.2) is 22.1 Å². The van der Waals surface area contributed by atoms with E-state index in [-0.39, 0.29) is 55.3 Å². The average molecular weight is 839 g/mol. The van der Waals surface area contributed by atoms with E-state index < -0.39 is 12.6 Å². The topological polar surface area (TPSA) is 50.2 Å². The molecule has 0 aliphatic rings. The van der Waals surface area contributed by atoms with E-state index in [1.165, 1.54) is 11.6 Å². The SMILES string of the molecule is CCC(CC)C(=O)/C=C(\O)C(CC)CC.Cc1cc(C)c2c(CCC(F)(F)F)cc(-c3[c-]c4ccccc4c(C(C)(C)C)c3)nc2c1.[Ir]. The molecule has 0 unspecified atom stereocenters. The predicted octanol–water partition coefficient (Wildman–Crippen LogP) is 12.1. The Morgan fingerprint density at radius 1 is 0.917 bits per heavy atom. The Bertz CT molecular complexity index is 1710. The van der Waals surface area contributed by atoms with Crippen molar-refractivity contribution in [3.05, 3.63) is 88.7 Å². The van der Waals surface area contributed by atoms with Crippen LogP contribution in [0.2, 0.25) is 0 Å². The number of aromatic nitrogens is 1. The zero-order valence-corrected chi connectivity index (χ0v) is 32.3. The molecule has 3 aromatic carbocycles. The number of benzene rings is 3. The Morgan fingerprint density at radius 3 is 2.08 bits per heavy atom. The van der Waals surface area contributed by atoms with Gasteiger partial charge in [0.05, 0.1) is 11.3 Å². The number of allylic oxidation sites excluding steroid dienone is 2. The first-order chi connectivity index (χ1) is 22.0. The van der Waals surface area contributed by atoms with Crippen molar-refractivity contribution in [1.29, 1.82) is 0 Å². The van der Waals surface area contributed by atoms with Gasteiger partial charge in [0, 0.05) is 55.5 Å². The Labute approximate surface area is 298 Å². The van der Waals surface area contributed by atoms with Crippen molar-refractivity contribution in [2.75, 3.05) is 0 Å².